The third-order valence-electron chi connectivity index (χ3n) is 3.58. The molecule has 2 nitrogen and oxygen atoms in total. The van der Waals surface area contributed by atoms with Gasteiger partial charge in [0.05, 0.1) is 0 Å². The molecule has 1 heterocycles. The molecule has 112 valence electrons. The van der Waals surface area contributed by atoms with Crippen LogP contribution in [0.4, 0.5) is 4.39 Å². The standard InChI is InChI=1S/C18H23FN2/c1-2-11-21-18(10-7-16-4-3-12-20-14-16)13-15-5-8-17(19)9-6-15/h3-6,8-9,12,14,18,21H,2,7,10-11,13H2,1H3. The van der Waals surface area contributed by atoms with Gasteiger partial charge < -0.3 is 5.32 Å². The second-order valence-corrected chi connectivity index (χ2v) is 5.38. The van der Waals surface area contributed by atoms with E-state index in [1.807, 2.05) is 24.4 Å². The van der Waals surface area contributed by atoms with E-state index in [0.717, 1.165) is 32.2 Å². The van der Waals surface area contributed by atoms with Crippen molar-refractivity contribution in [3.05, 3.63) is 65.7 Å². The van der Waals surface area contributed by atoms with Crippen LogP contribution in [0.3, 0.4) is 0 Å². The fourth-order valence-electron chi connectivity index (χ4n) is 2.42. The van der Waals surface area contributed by atoms with Gasteiger partial charge in [-0.3, -0.25) is 4.98 Å². The van der Waals surface area contributed by atoms with E-state index in [4.69, 9.17) is 0 Å². The monoisotopic (exact) mass is 286 g/mol. The predicted molar refractivity (Wildman–Crippen MR) is 84.7 cm³/mol. The number of hydrogen-bond donors (Lipinski definition) is 1. The zero-order valence-electron chi connectivity index (χ0n) is 12.6. The maximum absolute atomic E-state index is 13.0. The Morgan fingerprint density at radius 2 is 1.95 bits per heavy atom. The van der Waals surface area contributed by atoms with E-state index in [-0.39, 0.29) is 5.82 Å². The zero-order chi connectivity index (χ0) is 14.9. The highest BCUT2D eigenvalue weighted by Crippen LogP contribution is 2.11. The summed E-state index contributed by atoms with van der Waals surface area (Å²) in [6, 6.07) is 11.3. The molecule has 3 heteroatoms. The summed E-state index contributed by atoms with van der Waals surface area (Å²) in [6.07, 6.45) is 7.84. The lowest BCUT2D eigenvalue weighted by Gasteiger charge is -2.18. The molecule has 1 aromatic heterocycles. The van der Waals surface area contributed by atoms with Gasteiger partial charge in [-0.2, -0.15) is 0 Å². The predicted octanol–water partition coefficient (Wildman–Crippen LogP) is 3.76. The van der Waals surface area contributed by atoms with Crippen LogP contribution < -0.4 is 5.32 Å². The Bertz CT molecular complexity index is 511. The fourth-order valence-corrected chi connectivity index (χ4v) is 2.42. The third-order valence-corrected chi connectivity index (χ3v) is 3.58. The Kier molecular flexibility index (Phi) is 6.35. The van der Waals surface area contributed by atoms with E-state index in [1.165, 1.54) is 23.3 Å². The van der Waals surface area contributed by atoms with E-state index >= 15 is 0 Å². The van der Waals surface area contributed by atoms with Crippen LogP contribution in [0.5, 0.6) is 0 Å². The number of nitrogens with one attached hydrogen (secondary N) is 1. The average Bonchev–Trinajstić information content (AvgIpc) is 2.53. The summed E-state index contributed by atoms with van der Waals surface area (Å²) in [7, 11) is 0. The van der Waals surface area contributed by atoms with Crippen molar-refractivity contribution in [2.75, 3.05) is 6.54 Å². The molecule has 0 aliphatic rings. The first-order valence-corrected chi connectivity index (χ1v) is 7.64. The van der Waals surface area contributed by atoms with Gasteiger partial charge in [0, 0.05) is 18.4 Å². The topological polar surface area (TPSA) is 24.9 Å². The minimum absolute atomic E-state index is 0.174. The molecule has 1 N–H and O–H groups in total. The molecule has 1 aromatic carbocycles. The zero-order valence-corrected chi connectivity index (χ0v) is 12.6. The fraction of sp³-hybridized carbons (Fsp3) is 0.389. The normalized spacial score (nSPS) is 12.3. The molecule has 1 atom stereocenters. The molecule has 0 fully saturated rings. The van der Waals surface area contributed by atoms with Crippen molar-refractivity contribution >= 4 is 0 Å². The number of halogens is 1. The summed E-state index contributed by atoms with van der Waals surface area (Å²) in [4.78, 5) is 4.16. The molecule has 1 unspecified atom stereocenters. The number of nitrogens with zero attached hydrogens (tertiary/aromatic N) is 1. The SMILES string of the molecule is CCCNC(CCc1cccnc1)Cc1ccc(F)cc1. The Morgan fingerprint density at radius 3 is 2.62 bits per heavy atom. The first kappa shape index (κ1) is 15.6. The largest absolute Gasteiger partial charge is 0.314 e. The van der Waals surface area contributed by atoms with Crippen LogP contribution in [0.2, 0.25) is 0 Å². The lowest BCUT2D eigenvalue weighted by Crippen LogP contribution is -2.32. The van der Waals surface area contributed by atoms with E-state index in [0.29, 0.717) is 6.04 Å². The molecule has 0 saturated heterocycles. The van der Waals surface area contributed by atoms with Gasteiger partial charge >= 0.3 is 0 Å². The third kappa shape index (κ3) is 5.64. The number of pyridine rings is 1. The van der Waals surface area contributed by atoms with Crippen LogP contribution in [0.15, 0.2) is 48.8 Å². The number of aryl methyl sites for hydroxylation is 1. The summed E-state index contributed by atoms with van der Waals surface area (Å²) >= 11 is 0. The van der Waals surface area contributed by atoms with Crippen LogP contribution in [0, 0.1) is 5.82 Å². The quantitative estimate of drug-likeness (QED) is 0.799. The summed E-state index contributed by atoms with van der Waals surface area (Å²) in [5, 5.41) is 3.59. The minimum atomic E-state index is -0.174. The molecule has 0 spiro atoms. The number of benzene rings is 1. The summed E-state index contributed by atoms with van der Waals surface area (Å²) in [6.45, 7) is 3.18. The lowest BCUT2D eigenvalue weighted by atomic mass is 9.99. The average molecular weight is 286 g/mol. The lowest BCUT2D eigenvalue weighted by molar-refractivity contribution is 0.477. The Hall–Kier alpha value is -1.74. The molecule has 0 amide bonds. The van der Waals surface area contributed by atoms with Crippen molar-refractivity contribution in [2.45, 2.75) is 38.6 Å². The van der Waals surface area contributed by atoms with Crippen LogP contribution in [-0.4, -0.2) is 17.6 Å². The molecular weight excluding hydrogens is 263 g/mol. The van der Waals surface area contributed by atoms with Crippen LogP contribution in [0.25, 0.3) is 0 Å². The molecule has 0 aliphatic carbocycles. The molecule has 0 radical (unpaired) electrons. The number of rotatable bonds is 8. The Balaban J connectivity index is 1.92. The second-order valence-electron chi connectivity index (χ2n) is 5.38. The Morgan fingerprint density at radius 1 is 1.14 bits per heavy atom. The van der Waals surface area contributed by atoms with Crippen molar-refractivity contribution in [1.82, 2.24) is 10.3 Å². The highest BCUT2D eigenvalue weighted by molar-refractivity contribution is 5.17. The first-order chi connectivity index (χ1) is 10.3. The first-order valence-electron chi connectivity index (χ1n) is 7.64. The molecular formula is C18H23FN2. The van der Waals surface area contributed by atoms with Gasteiger partial charge in [-0.15, -0.1) is 0 Å². The Labute approximate surface area is 126 Å². The van der Waals surface area contributed by atoms with Crippen molar-refractivity contribution in [2.24, 2.45) is 0 Å². The number of aromatic nitrogens is 1. The van der Waals surface area contributed by atoms with Gasteiger partial charge in [0.2, 0.25) is 0 Å². The van der Waals surface area contributed by atoms with E-state index in [9.17, 15) is 4.39 Å². The maximum atomic E-state index is 13.0. The van der Waals surface area contributed by atoms with Gasteiger partial charge in [-0.25, -0.2) is 4.39 Å². The van der Waals surface area contributed by atoms with Crippen LogP contribution in [0.1, 0.15) is 30.9 Å². The summed E-state index contributed by atoms with van der Waals surface area (Å²) in [5.74, 6) is -0.174. The minimum Gasteiger partial charge on any atom is -0.314 e. The van der Waals surface area contributed by atoms with Crippen LogP contribution >= 0.6 is 0 Å². The molecule has 0 aliphatic heterocycles. The van der Waals surface area contributed by atoms with Gasteiger partial charge in [0.25, 0.3) is 0 Å². The number of hydrogen-bond acceptors (Lipinski definition) is 2. The van der Waals surface area contributed by atoms with E-state index < -0.39 is 0 Å². The van der Waals surface area contributed by atoms with Gasteiger partial charge in [-0.05, 0) is 61.6 Å². The molecule has 2 aromatic rings. The smallest absolute Gasteiger partial charge is 0.123 e. The maximum Gasteiger partial charge on any atom is 0.123 e. The summed E-state index contributed by atoms with van der Waals surface area (Å²) < 4.78 is 13.0. The van der Waals surface area contributed by atoms with Gasteiger partial charge in [0.15, 0.2) is 0 Å². The van der Waals surface area contributed by atoms with E-state index in [2.05, 4.69) is 23.3 Å². The molecule has 2 rings (SSSR count). The van der Waals surface area contributed by atoms with Crippen molar-refractivity contribution in [3.63, 3.8) is 0 Å². The second kappa shape index (κ2) is 8.53. The van der Waals surface area contributed by atoms with E-state index in [1.54, 1.807) is 6.20 Å². The molecule has 0 saturated carbocycles. The molecule has 21 heavy (non-hydrogen) atoms. The summed E-state index contributed by atoms with van der Waals surface area (Å²) in [5.41, 5.74) is 2.44. The highest BCUT2D eigenvalue weighted by atomic mass is 19.1. The van der Waals surface area contributed by atoms with Gasteiger partial charge in [-0.1, -0.05) is 25.1 Å². The molecule has 0 bridgehead atoms. The highest BCUT2D eigenvalue weighted by Gasteiger charge is 2.09. The van der Waals surface area contributed by atoms with Crippen LogP contribution in [-0.2, 0) is 12.8 Å². The van der Waals surface area contributed by atoms with Crippen molar-refractivity contribution in [1.29, 1.82) is 0 Å². The van der Waals surface area contributed by atoms with Crippen molar-refractivity contribution in [3.8, 4) is 0 Å². The van der Waals surface area contributed by atoms with Crippen molar-refractivity contribution < 1.29 is 4.39 Å². The van der Waals surface area contributed by atoms with Gasteiger partial charge in [0.1, 0.15) is 5.82 Å².